The van der Waals surface area contributed by atoms with E-state index >= 15 is 0 Å². The number of hydrogen-bond acceptors (Lipinski definition) is 6. The van der Waals surface area contributed by atoms with Gasteiger partial charge in [-0.25, -0.2) is 9.78 Å². The van der Waals surface area contributed by atoms with E-state index in [4.69, 9.17) is 16.3 Å². The van der Waals surface area contributed by atoms with Gasteiger partial charge in [-0.3, -0.25) is 23.6 Å². The topological polar surface area (TPSA) is 130 Å². The van der Waals surface area contributed by atoms with Gasteiger partial charge in [0.25, 0.3) is 5.56 Å². The molecule has 2 saturated heterocycles. The molecule has 12 heteroatoms. The van der Waals surface area contributed by atoms with Crippen LogP contribution in [0.15, 0.2) is 35.4 Å². The molecule has 11 nitrogen and oxygen atoms in total. The molecule has 2 N–H and O–H groups in total. The number of aliphatic hydroxyl groups is 1. The number of hydrogen-bond donors (Lipinski definition) is 2. The van der Waals surface area contributed by atoms with Gasteiger partial charge >= 0.3 is 6.09 Å². The van der Waals surface area contributed by atoms with E-state index in [9.17, 15) is 24.6 Å². The van der Waals surface area contributed by atoms with Crippen molar-refractivity contribution in [3.05, 3.63) is 57.2 Å². The number of ether oxygens (including phenoxy) is 1. The molecule has 0 radical (unpaired) electrons. The van der Waals surface area contributed by atoms with E-state index in [-0.39, 0.29) is 30.0 Å². The minimum Gasteiger partial charge on any atom is -0.465 e. The first-order valence-corrected chi connectivity index (χ1v) is 14.3. The van der Waals surface area contributed by atoms with Crippen molar-refractivity contribution < 1.29 is 24.5 Å². The van der Waals surface area contributed by atoms with Crippen LogP contribution in [0, 0.1) is 12.3 Å². The minimum atomic E-state index is -1.12. The SMILES string of the molecule is Cc1cc(-n2c(Cl)cc3c(=O)n(CC4(O)CCN(C(=O)C5(C)CC5)CC4)cnc32)ccc1C1COCCN1C(=O)O. The lowest BCUT2D eigenvalue weighted by atomic mass is 9.90. The predicted molar refractivity (Wildman–Crippen MR) is 151 cm³/mol. The highest BCUT2D eigenvalue weighted by atomic mass is 35.5. The largest absolute Gasteiger partial charge is 0.465 e. The van der Waals surface area contributed by atoms with Gasteiger partial charge in [0.1, 0.15) is 11.5 Å². The van der Waals surface area contributed by atoms with Crippen molar-refractivity contribution in [2.45, 2.75) is 57.7 Å². The summed E-state index contributed by atoms with van der Waals surface area (Å²) in [7, 11) is 0. The van der Waals surface area contributed by atoms with Crippen molar-refractivity contribution in [1.29, 1.82) is 0 Å². The average Bonchev–Trinajstić information content (AvgIpc) is 3.61. The molecule has 2 aromatic heterocycles. The first kappa shape index (κ1) is 27.7. The number of aryl methyl sites for hydroxylation is 1. The van der Waals surface area contributed by atoms with Crippen LogP contribution in [-0.2, 0) is 16.1 Å². The highest BCUT2D eigenvalue weighted by molar-refractivity contribution is 6.31. The normalized spacial score (nSPS) is 21.7. The first-order chi connectivity index (χ1) is 19.5. The second kappa shape index (κ2) is 10.1. The zero-order valence-corrected chi connectivity index (χ0v) is 23.9. The molecule has 3 aliphatic rings. The number of carbonyl (C=O) groups is 2. The summed E-state index contributed by atoms with van der Waals surface area (Å²) < 4.78 is 8.66. The number of fused-ring (bicyclic) bond motifs is 1. The van der Waals surface area contributed by atoms with Crippen molar-refractivity contribution >= 4 is 34.6 Å². The van der Waals surface area contributed by atoms with Gasteiger partial charge in [-0.15, -0.1) is 0 Å². The van der Waals surface area contributed by atoms with Crippen molar-refractivity contribution in [3.8, 4) is 5.69 Å². The Balaban J connectivity index is 1.24. The lowest BCUT2D eigenvalue weighted by Crippen LogP contribution is -2.51. The van der Waals surface area contributed by atoms with Crippen molar-refractivity contribution in [2.75, 3.05) is 32.8 Å². The summed E-state index contributed by atoms with van der Waals surface area (Å²) in [5.41, 5.74) is 1.11. The number of carbonyl (C=O) groups excluding carboxylic acids is 1. The Hall–Kier alpha value is -3.41. The molecule has 0 bridgehead atoms. The van der Waals surface area contributed by atoms with Gasteiger partial charge in [-0.05, 0) is 61.9 Å². The van der Waals surface area contributed by atoms with Crippen LogP contribution in [0.2, 0.25) is 5.15 Å². The molecule has 6 rings (SSSR count). The molecule has 3 fully saturated rings. The molecular formula is C29H34ClN5O6. The van der Waals surface area contributed by atoms with Gasteiger partial charge in [0.2, 0.25) is 5.91 Å². The summed E-state index contributed by atoms with van der Waals surface area (Å²) in [6.07, 6.45) is 3.05. The molecule has 1 atom stereocenters. The van der Waals surface area contributed by atoms with Gasteiger partial charge in [0.15, 0.2) is 5.65 Å². The number of morpholine rings is 1. The average molecular weight is 584 g/mol. The number of piperidine rings is 1. The Bertz CT molecular complexity index is 1590. The van der Waals surface area contributed by atoms with E-state index in [1.54, 1.807) is 10.6 Å². The Labute approximate surface area is 241 Å². The Morgan fingerprint density at radius 1 is 1.15 bits per heavy atom. The first-order valence-electron chi connectivity index (χ1n) is 14.0. The standard InChI is InChI=1S/C29H34ClN5O6/c1-18-13-19(3-4-20(18)22-15-41-12-11-34(22)27(38)39)35-23(30)14-21-24(35)31-17-33(25(21)36)16-29(40)7-9-32(10-8-29)26(37)28(2)5-6-28/h3-4,13-14,17,22,40H,5-12,15-16H2,1-2H3,(H,38,39). The summed E-state index contributed by atoms with van der Waals surface area (Å²) in [5.74, 6) is 0.158. The van der Waals surface area contributed by atoms with Crippen molar-refractivity contribution in [3.63, 3.8) is 0 Å². The summed E-state index contributed by atoms with van der Waals surface area (Å²) in [6, 6.07) is 6.75. The number of halogens is 1. The van der Waals surface area contributed by atoms with Crippen LogP contribution in [0.4, 0.5) is 4.79 Å². The van der Waals surface area contributed by atoms with Crippen LogP contribution in [0.3, 0.4) is 0 Å². The maximum absolute atomic E-state index is 13.5. The lowest BCUT2D eigenvalue weighted by molar-refractivity contribution is -0.141. The molecule has 4 heterocycles. The van der Waals surface area contributed by atoms with E-state index in [1.807, 2.05) is 36.9 Å². The monoisotopic (exact) mass is 583 g/mol. The fourth-order valence-electron chi connectivity index (χ4n) is 6.09. The fraction of sp³-hybridized carbons (Fsp3) is 0.517. The van der Waals surface area contributed by atoms with Crippen molar-refractivity contribution in [2.24, 2.45) is 5.41 Å². The highest BCUT2D eigenvalue weighted by Crippen LogP contribution is 2.47. The maximum atomic E-state index is 13.5. The number of carboxylic acid groups (broad SMARTS) is 1. The molecule has 1 aromatic carbocycles. The molecule has 1 saturated carbocycles. The molecule has 3 aromatic rings. The summed E-state index contributed by atoms with van der Waals surface area (Å²) in [5, 5.41) is 21.6. The molecule has 2 aliphatic heterocycles. The molecule has 2 amide bonds. The Morgan fingerprint density at radius 3 is 2.54 bits per heavy atom. The van der Waals surface area contributed by atoms with Gasteiger partial charge in [0, 0.05) is 30.7 Å². The summed E-state index contributed by atoms with van der Waals surface area (Å²) >= 11 is 6.62. The fourth-order valence-corrected chi connectivity index (χ4v) is 6.38. The zero-order valence-electron chi connectivity index (χ0n) is 23.2. The second-order valence-corrected chi connectivity index (χ2v) is 12.3. The smallest absolute Gasteiger partial charge is 0.407 e. The van der Waals surface area contributed by atoms with E-state index < -0.39 is 17.7 Å². The van der Waals surface area contributed by atoms with E-state index in [1.165, 1.54) is 15.8 Å². The number of rotatable bonds is 5. The van der Waals surface area contributed by atoms with Gasteiger partial charge < -0.3 is 19.8 Å². The molecule has 218 valence electrons. The minimum absolute atomic E-state index is 0.0776. The molecule has 41 heavy (non-hydrogen) atoms. The molecule has 0 spiro atoms. The third kappa shape index (κ3) is 5.00. The molecule has 1 aliphatic carbocycles. The number of benzene rings is 1. The molecular weight excluding hydrogens is 550 g/mol. The van der Waals surface area contributed by atoms with Crippen molar-refractivity contribution in [1.82, 2.24) is 23.9 Å². The third-order valence-electron chi connectivity index (χ3n) is 8.95. The Kier molecular flexibility index (Phi) is 6.87. The summed E-state index contributed by atoms with van der Waals surface area (Å²) in [4.78, 5) is 45.7. The number of amides is 2. The predicted octanol–water partition coefficient (Wildman–Crippen LogP) is 3.35. The zero-order chi connectivity index (χ0) is 29.1. The summed E-state index contributed by atoms with van der Waals surface area (Å²) in [6.45, 7) is 5.84. The van der Waals surface area contributed by atoms with Crippen LogP contribution in [0.25, 0.3) is 16.7 Å². The highest BCUT2D eigenvalue weighted by Gasteiger charge is 2.48. The quantitative estimate of drug-likeness (QED) is 0.471. The van der Waals surface area contributed by atoms with Crippen LogP contribution in [-0.4, -0.2) is 84.6 Å². The van der Waals surface area contributed by atoms with Crippen LogP contribution >= 0.6 is 11.6 Å². The van der Waals surface area contributed by atoms with Gasteiger partial charge in [-0.2, -0.15) is 0 Å². The van der Waals surface area contributed by atoms with E-state index in [2.05, 4.69) is 4.98 Å². The second-order valence-electron chi connectivity index (χ2n) is 11.9. The van der Waals surface area contributed by atoms with Gasteiger partial charge in [-0.1, -0.05) is 24.6 Å². The van der Waals surface area contributed by atoms with E-state index in [0.717, 1.165) is 24.0 Å². The Morgan fingerprint density at radius 2 is 1.88 bits per heavy atom. The van der Waals surface area contributed by atoms with Gasteiger partial charge in [0.05, 0.1) is 36.8 Å². The lowest BCUT2D eigenvalue weighted by Gasteiger charge is -2.39. The number of aromatic nitrogens is 3. The van der Waals surface area contributed by atoms with E-state index in [0.29, 0.717) is 61.0 Å². The number of likely N-dealkylation sites (tertiary alicyclic amines) is 1. The molecule has 1 unspecified atom stereocenters. The van der Waals surface area contributed by atoms with Crippen LogP contribution in [0.5, 0.6) is 0 Å². The van der Waals surface area contributed by atoms with Crippen LogP contribution in [0.1, 0.15) is 49.8 Å². The maximum Gasteiger partial charge on any atom is 0.407 e. The number of nitrogens with zero attached hydrogens (tertiary/aromatic N) is 5. The van der Waals surface area contributed by atoms with Crippen LogP contribution < -0.4 is 5.56 Å². The third-order valence-corrected chi connectivity index (χ3v) is 9.23.